The molecule has 5 nitrogen and oxygen atoms in total. The first-order valence-electron chi connectivity index (χ1n) is 8.44. The summed E-state index contributed by atoms with van der Waals surface area (Å²) in [4.78, 5) is 6.54. The van der Waals surface area contributed by atoms with Crippen LogP contribution < -0.4 is 15.8 Å². The van der Waals surface area contributed by atoms with Crippen LogP contribution >= 0.6 is 0 Å². The van der Waals surface area contributed by atoms with Crippen LogP contribution in [0.5, 0.6) is 5.75 Å². The van der Waals surface area contributed by atoms with E-state index in [1.165, 1.54) is 11.1 Å². The molecule has 0 fully saturated rings. The molecular weight excluding hydrogens is 312 g/mol. The van der Waals surface area contributed by atoms with Gasteiger partial charge in [-0.1, -0.05) is 24.3 Å². The van der Waals surface area contributed by atoms with E-state index in [0.717, 1.165) is 23.5 Å². The summed E-state index contributed by atoms with van der Waals surface area (Å²) < 4.78 is 5.86. The van der Waals surface area contributed by atoms with Gasteiger partial charge in [0.25, 0.3) is 0 Å². The molecule has 0 atom stereocenters. The molecule has 0 unspecified atom stereocenters. The molecule has 0 radical (unpaired) electrons. The van der Waals surface area contributed by atoms with Crippen molar-refractivity contribution < 1.29 is 4.74 Å². The van der Waals surface area contributed by atoms with E-state index in [2.05, 4.69) is 35.1 Å². The molecule has 0 aliphatic heterocycles. The van der Waals surface area contributed by atoms with Crippen molar-refractivity contribution in [2.45, 2.75) is 20.4 Å². The lowest BCUT2D eigenvalue weighted by Gasteiger charge is -2.13. The predicted molar refractivity (Wildman–Crippen MR) is 105 cm³/mol. The van der Waals surface area contributed by atoms with Gasteiger partial charge < -0.3 is 20.7 Å². The van der Waals surface area contributed by atoms with Crippen LogP contribution in [0.2, 0.25) is 0 Å². The highest BCUT2D eigenvalue weighted by Crippen LogP contribution is 2.19. The van der Waals surface area contributed by atoms with Crippen LogP contribution in [0.15, 0.2) is 47.5 Å². The lowest BCUT2D eigenvalue weighted by molar-refractivity contribution is 0.259. The van der Waals surface area contributed by atoms with E-state index in [1.807, 2.05) is 50.5 Å². The minimum Gasteiger partial charge on any atom is -0.492 e. The number of ether oxygens (including phenoxy) is 1. The molecule has 0 aliphatic carbocycles. The molecule has 2 aromatic rings. The van der Waals surface area contributed by atoms with E-state index < -0.39 is 0 Å². The van der Waals surface area contributed by atoms with Crippen LogP contribution in [-0.4, -0.2) is 38.1 Å². The van der Waals surface area contributed by atoms with Gasteiger partial charge in [-0.3, -0.25) is 0 Å². The average Bonchev–Trinajstić information content (AvgIpc) is 2.52. The van der Waals surface area contributed by atoms with Crippen LogP contribution in [0.1, 0.15) is 16.7 Å². The average molecular weight is 340 g/mol. The van der Waals surface area contributed by atoms with Crippen molar-refractivity contribution in [3.8, 4) is 5.75 Å². The Hall–Kier alpha value is -2.53. The van der Waals surface area contributed by atoms with Gasteiger partial charge in [-0.25, -0.2) is 4.99 Å². The molecular formula is C20H28N4O. The third kappa shape index (κ3) is 6.47. The summed E-state index contributed by atoms with van der Waals surface area (Å²) in [6, 6.07) is 14.2. The first-order chi connectivity index (χ1) is 11.9. The van der Waals surface area contributed by atoms with Crippen molar-refractivity contribution >= 4 is 11.6 Å². The number of nitrogens with two attached hydrogens (primary N) is 1. The topological polar surface area (TPSA) is 62.9 Å². The minimum atomic E-state index is 0.396. The van der Waals surface area contributed by atoms with Crippen molar-refractivity contribution in [1.29, 1.82) is 0 Å². The van der Waals surface area contributed by atoms with Crippen LogP contribution in [0.3, 0.4) is 0 Å². The highest BCUT2D eigenvalue weighted by molar-refractivity contribution is 5.92. The maximum absolute atomic E-state index is 6.04. The van der Waals surface area contributed by atoms with Gasteiger partial charge in [-0.05, 0) is 57.3 Å². The number of benzene rings is 2. The molecule has 2 aromatic carbocycles. The van der Waals surface area contributed by atoms with Crippen molar-refractivity contribution in [2.75, 3.05) is 32.6 Å². The number of aryl methyl sites for hydroxylation is 2. The number of nitrogens with zero attached hydrogens (tertiary/aromatic N) is 2. The Kier molecular flexibility index (Phi) is 6.83. The fourth-order valence-electron chi connectivity index (χ4n) is 2.52. The Morgan fingerprint density at radius 1 is 1.12 bits per heavy atom. The van der Waals surface area contributed by atoms with Crippen molar-refractivity contribution in [3.63, 3.8) is 0 Å². The zero-order valence-corrected chi connectivity index (χ0v) is 15.5. The van der Waals surface area contributed by atoms with Gasteiger partial charge in [0, 0.05) is 17.8 Å². The number of nitrogens with one attached hydrogen (secondary N) is 1. The molecule has 2 rings (SSSR count). The summed E-state index contributed by atoms with van der Waals surface area (Å²) in [5.74, 6) is 1.25. The van der Waals surface area contributed by atoms with E-state index in [-0.39, 0.29) is 0 Å². The molecule has 25 heavy (non-hydrogen) atoms. The molecule has 0 amide bonds. The molecule has 3 N–H and O–H groups in total. The molecule has 0 spiro atoms. The normalized spacial score (nSPS) is 11.6. The first kappa shape index (κ1) is 18.8. The summed E-state index contributed by atoms with van der Waals surface area (Å²) in [6.45, 7) is 6.11. The number of likely N-dealkylation sites (N-methyl/N-ethyl adjacent to an activating group) is 1. The molecule has 0 saturated carbocycles. The van der Waals surface area contributed by atoms with E-state index in [4.69, 9.17) is 10.5 Å². The fraction of sp³-hybridized carbons (Fsp3) is 0.350. The molecule has 5 heteroatoms. The number of hydrogen-bond acceptors (Lipinski definition) is 3. The summed E-state index contributed by atoms with van der Waals surface area (Å²) in [6.07, 6.45) is 0. The number of anilines is 1. The number of guanidine groups is 1. The van der Waals surface area contributed by atoms with Crippen LogP contribution in [0.4, 0.5) is 5.69 Å². The van der Waals surface area contributed by atoms with Gasteiger partial charge in [-0.15, -0.1) is 0 Å². The lowest BCUT2D eigenvalue weighted by Crippen LogP contribution is -2.23. The molecule has 0 bridgehead atoms. The summed E-state index contributed by atoms with van der Waals surface area (Å²) >= 11 is 0. The molecule has 0 saturated heterocycles. The third-order valence-electron chi connectivity index (χ3n) is 3.68. The predicted octanol–water partition coefficient (Wildman–Crippen LogP) is 3.17. The zero-order valence-electron chi connectivity index (χ0n) is 15.5. The van der Waals surface area contributed by atoms with Crippen molar-refractivity contribution in [1.82, 2.24) is 4.90 Å². The van der Waals surface area contributed by atoms with Crippen LogP contribution in [0, 0.1) is 13.8 Å². The highest BCUT2D eigenvalue weighted by Gasteiger charge is 2.04. The SMILES string of the molecule is Cc1cc(C)cc(NC(N)=NCc2ccccc2OCCN(C)C)c1. The maximum atomic E-state index is 6.04. The standard InChI is InChI=1S/C20H28N4O/c1-15-11-16(2)13-18(12-15)23-20(21)22-14-17-7-5-6-8-19(17)25-10-9-24(3)4/h5-8,11-13H,9-10,14H2,1-4H3,(H3,21,22,23). The van der Waals surface area contributed by atoms with Crippen LogP contribution in [-0.2, 0) is 6.54 Å². The highest BCUT2D eigenvalue weighted by atomic mass is 16.5. The van der Waals surface area contributed by atoms with Gasteiger partial charge >= 0.3 is 0 Å². The molecule has 0 heterocycles. The van der Waals surface area contributed by atoms with Gasteiger partial charge in [0.15, 0.2) is 5.96 Å². The monoisotopic (exact) mass is 340 g/mol. The first-order valence-corrected chi connectivity index (χ1v) is 8.44. The van der Waals surface area contributed by atoms with Crippen molar-refractivity contribution in [3.05, 3.63) is 59.2 Å². The Morgan fingerprint density at radius 3 is 2.48 bits per heavy atom. The number of para-hydroxylation sites is 1. The number of aliphatic imine (C=N–C) groups is 1. The zero-order chi connectivity index (χ0) is 18.2. The van der Waals surface area contributed by atoms with E-state index in [1.54, 1.807) is 0 Å². The third-order valence-corrected chi connectivity index (χ3v) is 3.68. The van der Waals surface area contributed by atoms with Gasteiger partial charge in [-0.2, -0.15) is 0 Å². The lowest BCUT2D eigenvalue weighted by atomic mass is 10.1. The Morgan fingerprint density at radius 2 is 1.80 bits per heavy atom. The smallest absolute Gasteiger partial charge is 0.193 e. The Labute approximate surface area is 150 Å². The second kappa shape index (κ2) is 9.08. The van der Waals surface area contributed by atoms with Crippen molar-refractivity contribution in [2.24, 2.45) is 10.7 Å². The molecule has 134 valence electrons. The van der Waals surface area contributed by atoms with Gasteiger partial charge in [0.2, 0.25) is 0 Å². The summed E-state index contributed by atoms with van der Waals surface area (Å²) in [5.41, 5.74) is 10.4. The van der Waals surface area contributed by atoms with E-state index >= 15 is 0 Å². The van der Waals surface area contributed by atoms with E-state index in [9.17, 15) is 0 Å². The van der Waals surface area contributed by atoms with E-state index in [0.29, 0.717) is 19.1 Å². The second-order valence-corrected chi connectivity index (χ2v) is 6.46. The quantitative estimate of drug-likeness (QED) is 0.600. The van der Waals surface area contributed by atoms with Gasteiger partial charge in [0.1, 0.15) is 12.4 Å². The van der Waals surface area contributed by atoms with Crippen LogP contribution in [0.25, 0.3) is 0 Å². The fourth-order valence-corrected chi connectivity index (χ4v) is 2.52. The summed E-state index contributed by atoms with van der Waals surface area (Å²) in [7, 11) is 4.05. The summed E-state index contributed by atoms with van der Waals surface area (Å²) in [5, 5.41) is 3.15. The number of rotatable bonds is 7. The molecule has 0 aliphatic rings. The largest absolute Gasteiger partial charge is 0.492 e. The number of hydrogen-bond donors (Lipinski definition) is 2. The van der Waals surface area contributed by atoms with Gasteiger partial charge in [0.05, 0.1) is 6.54 Å². The second-order valence-electron chi connectivity index (χ2n) is 6.46. The minimum absolute atomic E-state index is 0.396. The maximum Gasteiger partial charge on any atom is 0.193 e. The molecule has 0 aromatic heterocycles. The Balaban J connectivity index is 2.00. The Bertz CT molecular complexity index is 705.